The first-order valence-electron chi connectivity index (χ1n) is 8.81. The molecule has 0 spiro atoms. The lowest BCUT2D eigenvalue weighted by Crippen LogP contribution is -2.31. The Kier molecular flexibility index (Phi) is 6.16. The molecule has 3 rings (SSSR count). The molecule has 29 heavy (non-hydrogen) atoms. The van der Waals surface area contributed by atoms with Crippen molar-refractivity contribution in [1.29, 1.82) is 0 Å². The Bertz CT molecular complexity index is 1040. The van der Waals surface area contributed by atoms with E-state index < -0.39 is 0 Å². The molecule has 0 saturated carbocycles. The zero-order valence-corrected chi connectivity index (χ0v) is 15.7. The quantitative estimate of drug-likeness (QED) is 0.259. The molecule has 0 aliphatic rings. The number of carbonyl (C=O) groups is 2. The van der Waals surface area contributed by atoms with Gasteiger partial charge in [0.2, 0.25) is 11.8 Å². The summed E-state index contributed by atoms with van der Waals surface area (Å²) in [5.41, 5.74) is 5.75. The SMILES string of the molecule is Cn1ncc(/C=C/C(=O)Nc2ccc(CC(=O)NN)cc2)c1-c1ccc(F)cc1. The maximum Gasteiger partial charge on any atom is 0.248 e. The summed E-state index contributed by atoms with van der Waals surface area (Å²) < 4.78 is 14.8. The van der Waals surface area contributed by atoms with Crippen molar-refractivity contribution in [3.05, 3.63) is 77.7 Å². The largest absolute Gasteiger partial charge is 0.323 e. The van der Waals surface area contributed by atoms with Crippen molar-refractivity contribution < 1.29 is 14.0 Å². The summed E-state index contributed by atoms with van der Waals surface area (Å²) in [5, 5.41) is 6.97. The van der Waals surface area contributed by atoms with Crippen LogP contribution in [0.3, 0.4) is 0 Å². The number of hydrogen-bond donors (Lipinski definition) is 3. The molecule has 2 aromatic carbocycles. The van der Waals surface area contributed by atoms with Crippen LogP contribution in [0.1, 0.15) is 11.1 Å². The Labute approximate surface area is 167 Å². The molecule has 0 fully saturated rings. The predicted molar refractivity (Wildman–Crippen MR) is 109 cm³/mol. The van der Waals surface area contributed by atoms with E-state index in [-0.39, 0.29) is 24.1 Å². The van der Waals surface area contributed by atoms with Gasteiger partial charge in [-0.25, -0.2) is 10.2 Å². The summed E-state index contributed by atoms with van der Waals surface area (Å²) in [4.78, 5) is 23.5. The van der Waals surface area contributed by atoms with Crippen molar-refractivity contribution in [3.63, 3.8) is 0 Å². The molecular formula is C21H20FN5O2. The number of nitrogens with zero attached hydrogens (tertiary/aromatic N) is 2. The van der Waals surface area contributed by atoms with Crippen LogP contribution in [0.5, 0.6) is 0 Å². The molecule has 4 N–H and O–H groups in total. The van der Waals surface area contributed by atoms with Gasteiger partial charge in [0.1, 0.15) is 5.82 Å². The fourth-order valence-electron chi connectivity index (χ4n) is 2.83. The number of nitrogens with two attached hydrogens (primary N) is 1. The monoisotopic (exact) mass is 393 g/mol. The third-order valence-corrected chi connectivity index (χ3v) is 4.25. The number of nitrogens with one attached hydrogen (secondary N) is 2. The average Bonchev–Trinajstić information content (AvgIpc) is 3.09. The van der Waals surface area contributed by atoms with Gasteiger partial charge in [0, 0.05) is 29.9 Å². The Morgan fingerprint density at radius 2 is 1.83 bits per heavy atom. The van der Waals surface area contributed by atoms with E-state index in [0.29, 0.717) is 5.69 Å². The van der Waals surface area contributed by atoms with Gasteiger partial charge in [-0.2, -0.15) is 5.10 Å². The smallest absolute Gasteiger partial charge is 0.248 e. The molecule has 0 atom stereocenters. The fourth-order valence-corrected chi connectivity index (χ4v) is 2.83. The summed E-state index contributed by atoms with van der Waals surface area (Å²) in [6.45, 7) is 0. The van der Waals surface area contributed by atoms with Gasteiger partial charge in [-0.05, 0) is 48.0 Å². The van der Waals surface area contributed by atoms with E-state index in [1.165, 1.54) is 18.2 Å². The van der Waals surface area contributed by atoms with Crippen LogP contribution in [-0.2, 0) is 23.1 Å². The minimum atomic E-state index is -0.318. The Hall–Kier alpha value is -3.78. The van der Waals surface area contributed by atoms with Crippen LogP contribution in [-0.4, -0.2) is 21.6 Å². The molecule has 0 bridgehead atoms. The Balaban J connectivity index is 1.68. The number of amides is 2. The van der Waals surface area contributed by atoms with E-state index in [0.717, 1.165) is 22.4 Å². The van der Waals surface area contributed by atoms with Crippen LogP contribution in [0.25, 0.3) is 17.3 Å². The average molecular weight is 393 g/mol. The molecule has 1 aromatic heterocycles. The highest BCUT2D eigenvalue weighted by Gasteiger charge is 2.09. The summed E-state index contributed by atoms with van der Waals surface area (Å²) in [5.74, 6) is 4.14. The molecule has 148 valence electrons. The van der Waals surface area contributed by atoms with Gasteiger partial charge in [0.25, 0.3) is 0 Å². The molecule has 0 aliphatic carbocycles. The number of aryl methyl sites for hydroxylation is 1. The predicted octanol–water partition coefficient (Wildman–Crippen LogP) is 2.41. The molecule has 3 aromatic rings. The van der Waals surface area contributed by atoms with Crippen LogP contribution in [0, 0.1) is 5.82 Å². The lowest BCUT2D eigenvalue weighted by Gasteiger charge is -2.05. The number of hydrogen-bond acceptors (Lipinski definition) is 4. The lowest BCUT2D eigenvalue weighted by atomic mass is 10.1. The number of hydrazine groups is 1. The number of anilines is 1. The van der Waals surface area contributed by atoms with Gasteiger partial charge in [0.05, 0.1) is 18.3 Å². The second-order valence-electron chi connectivity index (χ2n) is 6.34. The zero-order valence-electron chi connectivity index (χ0n) is 15.7. The van der Waals surface area contributed by atoms with Crippen molar-refractivity contribution in [1.82, 2.24) is 15.2 Å². The number of benzene rings is 2. The van der Waals surface area contributed by atoms with E-state index in [4.69, 9.17) is 5.84 Å². The molecule has 0 radical (unpaired) electrons. The minimum absolute atomic E-state index is 0.164. The van der Waals surface area contributed by atoms with E-state index in [2.05, 4.69) is 15.8 Å². The first-order valence-corrected chi connectivity index (χ1v) is 8.81. The van der Waals surface area contributed by atoms with Crippen molar-refractivity contribution in [3.8, 4) is 11.3 Å². The first-order chi connectivity index (χ1) is 14.0. The molecule has 7 nitrogen and oxygen atoms in total. The van der Waals surface area contributed by atoms with Gasteiger partial charge in [-0.15, -0.1) is 0 Å². The normalized spacial score (nSPS) is 10.9. The summed E-state index contributed by atoms with van der Waals surface area (Å²) in [6, 6.07) is 13.0. The highest BCUT2D eigenvalue weighted by atomic mass is 19.1. The molecular weight excluding hydrogens is 373 g/mol. The number of aromatic nitrogens is 2. The van der Waals surface area contributed by atoms with Crippen LogP contribution in [0.2, 0.25) is 0 Å². The first kappa shape index (κ1) is 20.0. The van der Waals surface area contributed by atoms with Gasteiger partial charge in [-0.1, -0.05) is 12.1 Å². The van der Waals surface area contributed by atoms with Crippen LogP contribution >= 0.6 is 0 Å². The molecule has 0 saturated heterocycles. The van der Waals surface area contributed by atoms with Crippen LogP contribution in [0.15, 0.2) is 60.8 Å². The van der Waals surface area contributed by atoms with E-state index in [1.807, 2.05) is 0 Å². The lowest BCUT2D eigenvalue weighted by molar-refractivity contribution is -0.120. The van der Waals surface area contributed by atoms with Crippen molar-refractivity contribution in [2.75, 3.05) is 5.32 Å². The second kappa shape index (κ2) is 8.94. The Morgan fingerprint density at radius 1 is 1.14 bits per heavy atom. The van der Waals surface area contributed by atoms with Gasteiger partial charge < -0.3 is 5.32 Å². The molecule has 0 aliphatic heterocycles. The fraction of sp³-hybridized carbons (Fsp3) is 0.0952. The highest BCUT2D eigenvalue weighted by Crippen LogP contribution is 2.24. The van der Waals surface area contributed by atoms with Gasteiger partial charge in [-0.3, -0.25) is 19.7 Å². The zero-order chi connectivity index (χ0) is 20.8. The minimum Gasteiger partial charge on any atom is -0.323 e. The number of rotatable bonds is 6. The van der Waals surface area contributed by atoms with Gasteiger partial charge >= 0.3 is 0 Å². The number of halogens is 1. The van der Waals surface area contributed by atoms with Crippen molar-refractivity contribution in [2.24, 2.45) is 12.9 Å². The van der Waals surface area contributed by atoms with Crippen molar-refractivity contribution >= 4 is 23.6 Å². The van der Waals surface area contributed by atoms with E-state index >= 15 is 0 Å². The van der Waals surface area contributed by atoms with Crippen LogP contribution < -0.4 is 16.6 Å². The van der Waals surface area contributed by atoms with E-state index in [1.54, 1.807) is 60.4 Å². The van der Waals surface area contributed by atoms with Crippen molar-refractivity contribution in [2.45, 2.75) is 6.42 Å². The van der Waals surface area contributed by atoms with Crippen LogP contribution in [0.4, 0.5) is 10.1 Å². The van der Waals surface area contributed by atoms with Gasteiger partial charge in [0.15, 0.2) is 0 Å². The maximum atomic E-state index is 13.2. The third-order valence-electron chi connectivity index (χ3n) is 4.25. The molecule has 2 amide bonds. The van der Waals surface area contributed by atoms with E-state index in [9.17, 15) is 14.0 Å². The second-order valence-corrected chi connectivity index (χ2v) is 6.34. The topological polar surface area (TPSA) is 102 Å². The summed E-state index contributed by atoms with van der Waals surface area (Å²) >= 11 is 0. The molecule has 8 heteroatoms. The maximum absolute atomic E-state index is 13.2. The third kappa shape index (κ3) is 5.14. The molecule has 0 unspecified atom stereocenters. The standard InChI is InChI=1S/C21H20FN5O2/c1-27-21(15-4-7-17(22)8-5-15)16(13-24-27)6-11-19(28)25-18-9-2-14(3-10-18)12-20(29)26-23/h2-11,13H,12,23H2,1H3,(H,25,28)(H,26,29)/b11-6+. The summed E-state index contributed by atoms with van der Waals surface area (Å²) in [6.07, 6.45) is 4.86. The summed E-state index contributed by atoms with van der Waals surface area (Å²) in [7, 11) is 1.78. The highest BCUT2D eigenvalue weighted by molar-refractivity contribution is 6.02. The number of carbonyl (C=O) groups excluding carboxylic acids is 2. The Morgan fingerprint density at radius 3 is 2.48 bits per heavy atom. The molecule has 1 heterocycles.